The van der Waals surface area contributed by atoms with E-state index in [9.17, 15) is 4.79 Å². The van der Waals surface area contributed by atoms with Crippen LogP contribution < -0.4 is 4.74 Å². The van der Waals surface area contributed by atoms with Crippen LogP contribution in [0.4, 0.5) is 0 Å². The lowest BCUT2D eigenvalue weighted by Crippen LogP contribution is -2.26. The van der Waals surface area contributed by atoms with Gasteiger partial charge in [-0.05, 0) is 36.8 Å². The smallest absolute Gasteiger partial charge is 0.273 e. The van der Waals surface area contributed by atoms with Crippen molar-refractivity contribution in [1.82, 2.24) is 9.88 Å². The molecule has 2 aromatic carbocycles. The number of carbonyl (C=O) groups is 1. The minimum atomic E-state index is -0.0663. The van der Waals surface area contributed by atoms with Gasteiger partial charge in [-0.3, -0.25) is 4.79 Å². The lowest BCUT2D eigenvalue weighted by molar-refractivity contribution is 0.0797. The number of halogens is 1. The third-order valence-corrected chi connectivity index (χ3v) is 5.05. The van der Waals surface area contributed by atoms with E-state index in [2.05, 4.69) is 4.98 Å². The average molecular weight is 387 g/mol. The zero-order valence-corrected chi connectivity index (χ0v) is 16.2. The Bertz CT molecular complexity index is 910. The van der Waals surface area contributed by atoms with Crippen molar-refractivity contribution in [2.24, 2.45) is 0 Å². The molecule has 0 N–H and O–H groups in total. The van der Waals surface area contributed by atoms with Gasteiger partial charge in [0.1, 0.15) is 23.1 Å². The number of ether oxygens (including phenoxy) is 1. The molecular formula is C20H19ClN2O2S. The third-order valence-electron chi connectivity index (χ3n) is 3.92. The quantitative estimate of drug-likeness (QED) is 0.589. The topological polar surface area (TPSA) is 42.4 Å². The van der Waals surface area contributed by atoms with Crippen LogP contribution in [0.5, 0.6) is 5.75 Å². The van der Waals surface area contributed by atoms with E-state index in [1.54, 1.807) is 17.3 Å². The lowest BCUT2D eigenvalue weighted by Gasteiger charge is -2.11. The second kappa shape index (κ2) is 8.34. The van der Waals surface area contributed by atoms with E-state index in [0.29, 0.717) is 23.9 Å². The number of amides is 1. The van der Waals surface area contributed by atoms with E-state index >= 15 is 0 Å². The van der Waals surface area contributed by atoms with Crippen molar-refractivity contribution < 1.29 is 9.53 Å². The summed E-state index contributed by atoms with van der Waals surface area (Å²) in [6.45, 7) is 3.03. The van der Waals surface area contributed by atoms with E-state index in [0.717, 1.165) is 21.9 Å². The van der Waals surface area contributed by atoms with Gasteiger partial charge >= 0.3 is 0 Å². The molecular weight excluding hydrogens is 368 g/mol. The molecule has 4 nitrogen and oxygen atoms in total. The first-order chi connectivity index (χ1) is 12.6. The van der Waals surface area contributed by atoms with Gasteiger partial charge in [0.2, 0.25) is 0 Å². The molecule has 6 heteroatoms. The van der Waals surface area contributed by atoms with Crippen LogP contribution in [0.15, 0.2) is 53.9 Å². The van der Waals surface area contributed by atoms with E-state index in [-0.39, 0.29) is 5.91 Å². The van der Waals surface area contributed by atoms with Gasteiger partial charge in [-0.15, -0.1) is 11.3 Å². The molecule has 0 aliphatic carbocycles. The minimum Gasteiger partial charge on any atom is -0.489 e. The highest BCUT2D eigenvalue weighted by Gasteiger charge is 2.15. The maximum atomic E-state index is 12.2. The zero-order valence-electron chi connectivity index (χ0n) is 14.6. The largest absolute Gasteiger partial charge is 0.489 e. The maximum absolute atomic E-state index is 12.2. The molecule has 3 rings (SSSR count). The van der Waals surface area contributed by atoms with Crippen LogP contribution >= 0.6 is 22.9 Å². The molecule has 0 aliphatic heterocycles. The van der Waals surface area contributed by atoms with Gasteiger partial charge < -0.3 is 9.64 Å². The van der Waals surface area contributed by atoms with E-state index in [1.165, 1.54) is 11.3 Å². The first kappa shape index (κ1) is 18.4. The molecule has 134 valence electrons. The Kier molecular flexibility index (Phi) is 5.91. The van der Waals surface area contributed by atoms with Gasteiger partial charge in [0, 0.05) is 29.6 Å². The summed E-state index contributed by atoms with van der Waals surface area (Å²) in [5, 5.41) is 3.28. The molecule has 0 radical (unpaired) electrons. The minimum absolute atomic E-state index is 0.0663. The molecule has 1 amide bonds. The molecule has 0 saturated carbocycles. The van der Waals surface area contributed by atoms with Gasteiger partial charge in [-0.1, -0.05) is 35.9 Å². The van der Waals surface area contributed by atoms with Crippen molar-refractivity contribution in [2.45, 2.75) is 13.5 Å². The monoisotopic (exact) mass is 386 g/mol. The Labute approximate surface area is 162 Å². The number of hydrogen-bond acceptors (Lipinski definition) is 4. The average Bonchev–Trinajstić information content (AvgIpc) is 3.15. The Morgan fingerprint density at radius 2 is 2.04 bits per heavy atom. The van der Waals surface area contributed by atoms with Gasteiger partial charge in [-0.25, -0.2) is 4.98 Å². The zero-order chi connectivity index (χ0) is 18.5. The molecule has 26 heavy (non-hydrogen) atoms. The molecule has 0 aliphatic rings. The third kappa shape index (κ3) is 4.42. The highest BCUT2D eigenvalue weighted by atomic mass is 35.5. The van der Waals surface area contributed by atoms with Crippen LogP contribution in [0.2, 0.25) is 5.02 Å². The molecule has 0 bridgehead atoms. The van der Waals surface area contributed by atoms with Crippen molar-refractivity contribution in [2.75, 3.05) is 13.6 Å². The van der Waals surface area contributed by atoms with Crippen molar-refractivity contribution in [1.29, 1.82) is 0 Å². The molecule has 1 heterocycles. The molecule has 0 unspecified atom stereocenters. The normalized spacial score (nSPS) is 10.6. The van der Waals surface area contributed by atoms with Gasteiger partial charge in [0.05, 0.1) is 0 Å². The number of benzene rings is 2. The molecule has 0 spiro atoms. The second-order valence-electron chi connectivity index (χ2n) is 5.80. The summed E-state index contributed by atoms with van der Waals surface area (Å²) in [4.78, 5) is 18.3. The van der Waals surface area contributed by atoms with Gasteiger partial charge in [0.15, 0.2) is 0 Å². The summed E-state index contributed by atoms with van der Waals surface area (Å²) in [5.74, 6) is 0.680. The Morgan fingerprint density at radius 1 is 1.23 bits per heavy atom. The fraction of sp³-hybridized carbons (Fsp3) is 0.200. The van der Waals surface area contributed by atoms with Crippen molar-refractivity contribution in [3.05, 3.63) is 70.2 Å². The predicted octanol–water partition coefficient (Wildman–Crippen LogP) is 5.13. The first-order valence-corrected chi connectivity index (χ1v) is 9.51. The van der Waals surface area contributed by atoms with Crippen molar-refractivity contribution in [3.63, 3.8) is 0 Å². The maximum Gasteiger partial charge on any atom is 0.273 e. The highest BCUT2D eigenvalue weighted by Crippen LogP contribution is 2.27. The number of hydrogen-bond donors (Lipinski definition) is 0. The molecule has 0 fully saturated rings. The molecule has 1 aromatic heterocycles. The number of aromatic nitrogens is 1. The summed E-state index contributed by atoms with van der Waals surface area (Å²) in [7, 11) is 1.77. The number of carbonyl (C=O) groups excluding carboxylic acids is 1. The molecule has 0 atom stereocenters. The highest BCUT2D eigenvalue weighted by molar-refractivity contribution is 7.13. The van der Waals surface area contributed by atoms with Crippen LogP contribution in [0.3, 0.4) is 0 Å². The standard InChI is InChI=1S/C20H19ClN2O2S/c1-3-23(2)20(24)18-13-26-19(22-18)15-7-5-9-17(11-15)25-12-14-6-4-8-16(21)10-14/h4-11,13H,3,12H2,1-2H3. The fourth-order valence-electron chi connectivity index (χ4n) is 2.36. The van der Waals surface area contributed by atoms with Crippen LogP contribution in [-0.2, 0) is 6.61 Å². The first-order valence-electron chi connectivity index (χ1n) is 8.25. The van der Waals surface area contributed by atoms with Gasteiger partial charge in [-0.2, -0.15) is 0 Å². The van der Waals surface area contributed by atoms with Crippen molar-refractivity contribution >= 4 is 28.8 Å². The Morgan fingerprint density at radius 3 is 2.81 bits per heavy atom. The summed E-state index contributed by atoms with van der Waals surface area (Å²) in [6.07, 6.45) is 0. The van der Waals surface area contributed by atoms with E-state index in [1.807, 2.05) is 55.5 Å². The summed E-state index contributed by atoms with van der Waals surface area (Å²) in [6, 6.07) is 15.3. The SMILES string of the molecule is CCN(C)C(=O)c1csc(-c2cccc(OCc3cccc(Cl)c3)c2)n1. The second-order valence-corrected chi connectivity index (χ2v) is 7.10. The Hall–Kier alpha value is -2.37. The fourth-order valence-corrected chi connectivity index (χ4v) is 3.36. The summed E-state index contributed by atoms with van der Waals surface area (Å²) in [5.41, 5.74) is 2.41. The summed E-state index contributed by atoms with van der Waals surface area (Å²) < 4.78 is 5.86. The van der Waals surface area contributed by atoms with E-state index < -0.39 is 0 Å². The summed E-state index contributed by atoms with van der Waals surface area (Å²) >= 11 is 7.45. The van der Waals surface area contributed by atoms with E-state index in [4.69, 9.17) is 16.3 Å². The van der Waals surface area contributed by atoms with Crippen LogP contribution in [0.1, 0.15) is 23.0 Å². The number of nitrogens with zero attached hydrogens (tertiary/aromatic N) is 2. The Balaban J connectivity index is 1.73. The number of thiazole rings is 1. The van der Waals surface area contributed by atoms with Crippen LogP contribution in [-0.4, -0.2) is 29.4 Å². The molecule has 3 aromatic rings. The number of rotatable bonds is 6. The van der Waals surface area contributed by atoms with Crippen LogP contribution in [0.25, 0.3) is 10.6 Å². The lowest BCUT2D eigenvalue weighted by atomic mass is 10.2. The van der Waals surface area contributed by atoms with Crippen molar-refractivity contribution in [3.8, 4) is 16.3 Å². The van der Waals surface area contributed by atoms with Crippen LogP contribution in [0, 0.1) is 0 Å². The molecule has 0 saturated heterocycles. The van der Waals surface area contributed by atoms with Gasteiger partial charge in [0.25, 0.3) is 5.91 Å². The predicted molar refractivity (Wildman–Crippen MR) is 106 cm³/mol.